The van der Waals surface area contributed by atoms with E-state index in [0.717, 1.165) is 6.42 Å². The molecule has 128 valence electrons. The molecule has 1 aliphatic heterocycles. The largest absolute Gasteiger partial charge is 0.379 e. The third kappa shape index (κ3) is 4.23. The van der Waals surface area contributed by atoms with Gasteiger partial charge < -0.3 is 10.1 Å². The summed E-state index contributed by atoms with van der Waals surface area (Å²) in [6.07, 6.45) is 0.773. The zero-order valence-corrected chi connectivity index (χ0v) is 14.8. The Kier molecular flexibility index (Phi) is 6.02. The van der Waals surface area contributed by atoms with Crippen LogP contribution in [0.25, 0.3) is 0 Å². The number of morpholine rings is 1. The van der Waals surface area contributed by atoms with Crippen molar-refractivity contribution in [3.63, 3.8) is 0 Å². The van der Waals surface area contributed by atoms with Crippen molar-refractivity contribution < 1.29 is 17.9 Å². The summed E-state index contributed by atoms with van der Waals surface area (Å²) in [4.78, 5) is 12.3. The van der Waals surface area contributed by atoms with Crippen LogP contribution in [0.2, 0.25) is 5.02 Å². The van der Waals surface area contributed by atoms with Gasteiger partial charge in [-0.25, -0.2) is 8.42 Å². The summed E-state index contributed by atoms with van der Waals surface area (Å²) in [5.41, 5.74) is 0.168. The molecule has 1 aliphatic rings. The summed E-state index contributed by atoms with van der Waals surface area (Å²) < 4.78 is 31.8. The average molecular weight is 361 g/mol. The molecule has 23 heavy (non-hydrogen) atoms. The first-order chi connectivity index (χ1) is 10.9. The van der Waals surface area contributed by atoms with Crippen molar-refractivity contribution in [2.75, 3.05) is 26.3 Å². The van der Waals surface area contributed by atoms with E-state index in [4.69, 9.17) is 16.3 Å². The molecule has 1 heterocycles. The van der Waals surface area contributed by atoms with Crippen LogP contribution in [0.1, 0.15) is 30.6 Å². The van der Waals surface area contributed by atoms with Gasteiger partial charge in [0.15, 0.2) is 0 Å². The predicted octanol–water partition coefficient (Wildman–Crippen LogP) is 1.89. The van der Waals surface area contributed by atoms with Gasteiger partial charge in [-0.2, -0.15) is 4.31 Å². The van der Waals surface area contributed by atoms with Crippen molar-refractivity contribution in [2.45, 2.75) is 31.2 Å². The molecule has 0 bridgehead atoms. The molecule has 2 rings (SSSR count). The van der Waals surface area contributed by atoms with Gasteiger partial charge in [0.05, 0.1) is 28.7 Å². The molecule has 1 fully saturated rings. The lowest BCUT2D eigenvalue weighted by atomic mass is 10.2. The highest BCUT2D eigenvalue weighted by molar-refractivity contribution is 7.89. The lowest BCUT2D eigenvalue weighted by Gasteiger charge is -2.26. The number of nitrogens with zero attached hydrogens (tertiary/aromatic N) is 1. The molecule has 1 unspecified atom stereocenters. The molecule has 1 saturated heterocycles. The third-order valence-corrected chi connectivity index (χ3v) is 6.00. The lowest BCUT2D eigenvalue weighted by molar-refractivity contribution is 0.0730. The van der Waals surface area contributed by atoms with Gasteiger partial charge in [-0.1, -0.05) is 18.5 Å². The number of sulfonamides is 1. The van der Waals surface area contributed by atoms with E-state index in [0.29, 0.717) is 26.3 Å². The SMILES string of the molecule is CCC(C)NC(=O)c1cc(S(=O)(=O)N2CCOCC2)ccc1Cl. The van der Waals surface area contributed by atoms with Crippen LogP contribution in [0.4, 0.5) is 0 Å². The van der Waals surface area contributed by atoms with Crippen LogP contribution in [0.5, 0.6) is 0 Å². The molecule has 0 aliphatic carbocycles. The van der Waals surface area contributed by atoms with Crippen LogP contribution in [0.15, 0.2) is 23.1 Å². The number of benzene rings is 1. The maximum atomic E-state index is 12.6. The quantitative estimate of drug-likeness (QED) is 0.870. The minimum atomic E-state index is -3.65. The molecule has 6 nitrogen and oxygen atoms in total. The van der Waals surface area contributed by atoms with Crippen molar-refractivity contribution >= 4 is 27.5 Å². The number of hydrogen-bond donors (Lipinski definition) is 1. The lowest BCUT2D eigenvalue weighted by Crippen LogP contribution is -2.40. The number of hydrogen-bond acceptors (Lipinski definition) is 4. The first-order valence-electron chi connectivity index (χ1n) is 7.54. The summed E-state index contributed by atoms with van der Waals surface area (Å²) >= 11 is 6.06. The van der Waals surface area contributed by atoms with Gasteiger partial charge in [0.1, 0.15) is 0 Å². The fourth-order valence-electron chi connectivity index (χ4n) is 2.18. The number of carbonyl (C=O) groups is 1. The Balaban J connectivity index is 2.30. The minimum Gasteiger partial charge on any atom is -0.379 e. The molecule has 0 spiro atoms. The van der Waals surface area contributed by atoms with Crippen LogP contribution in [0, 0.1) is 0 Å². The first kappa shape index (κ1) is 18.2. The Morgan fingerprint density at radius 1 is 1.39 bits per heavy atom. The Labute approximate surface area is 141 Å². The maximum Gasteiger partial charge on any atom is 0.253 e. The van der Waals surface area contributed by atoms with Gasteiger partial charge in [0.25, 0.3) is 5.91 Å². The maximum absolute atomic E-state index is 12.6. The van der Waals surface area contributed by atoms with Gasteiger partial charge in [-0.05, 0) is 31.5 Å². The monoisotopic (exact) mass is 360 g/mol. The van der Waals surface area contributed by atoms with Crippen LogP contribution >= 0.6 is 11.6 Å². The van der Waals surface area contributed by atoms with E-state index in [2.05, 4.69) is 5.32 Å². The van der Waals surface area contributed by atoms with Crippen molar-refractivity contribution in [1.29, 1.82) is 0 Å². The molecule has 0 saturated carbocycles. The van der Waals surface area contributed by atoms with E-state index >= 15 is 0 Å². The molecule has 0 radical (unpaired) electrons. The smallest absolute Gasteiger partial charge is 0.253 e. The molecule has 1 N–H and O–H groups in total. The standard InChI is InChI=1S/C15H21ClN2O4S/c1-3-11(2)17-15(19)13-10-12(4-5-14(13)16)23(20,21)18-6-8-22-9-7-18/h4-5,10-11H,3,6-9H2,1-2H3,(H,17,19). The second kappa shape index (κ2) is 7.61. The Hall–Kier alpha value is -1.15. The van der Waals surface area contributed by atoms with Gasteiger partial charge in [-0.3, -0.25) is 4.79 Å². The molecular formula is C15H21ClN2O4S. The van der Waals surface area contributed by atoms with Gasteiger partial charge in [0, 0.05) is 19.1 Å². The molecule has 1 atom stereocenters. The normalized spacial score (nSPS) is 17.7. The minimum absolute atomic E-state index is 0.0157. The summed E-state index contributed by atoms with van der Waals surface area (Å²) in [5, 5.41) is 3.02. The fraction of sp³-hybridized carbons (Fsp3) is 0.533. The number of halogens is 1. The number of amides is 1. The van der Waals surface area contributed by atoms with Crippen molar-refractivity contribution in [3.05, 3.63) is 28.8 Å². The summed E-state index contributed by atoms with van der Waals surface area (Å²) in [7, 11) is -3.65. The van der Waals surface area contributed by atoms with E-state index in [1.165, 1.54) is 22.5 Å². The van der Waals surface area contributed by atoms with Crippen molar-refractivity contribution in [2.24, 2.45) is 0 Å². The number of carbonyl (C=O) groups excluding carboxylic acids is 1. The van der Waals surface area contributed by atoms with E-state index in [9.17, 15) is 13.2 Å². The molecule has 8 heteroatoms. The van der Waals surface area contributed by atoms with Gasteiger partial charge >= 0.3 is 0 Å². The van der Waals surface area contributed by atoms with Crippen molar-refractivity contribution in [1.82, 2.24) is 9.62 Å². The van der Waals surface area contributed by atoms with E-state index in [1.54, 1.807) is 0 Å². The van der Waals surface area contributed by atoms with Gasteiger partial charge in [0.2, 0.25) is 10.0 Å². The topological polar surface area (TPSA) is 75.7 Å². The van der Waals surface area contributed by atoms with Crippen LogP contribution < -0.4 is 5.32 Å². The first-order valence-corrected chi connectivity index (χ1v) is 9.36. The molecule has 0 aromatic heterocycles. The number of ether oxygens (including phenoxy) is 1. The highest BCUT2D eigenvalue weighted by Crippen LogP contribution is 2.23. The summed E-state index contributed by atoms with van der Waals surface area (Å²) in [6.45, 7) is 5.17. The van der Waals surface area contributed by atoms with E-state index in [1.807, 2.05) is 13.8 Å². The Morgan fingerprint density at radius 3 is 2.65 bits per heavy atom. The van der Waals surface area contributed by atoms with Crippen LogP contribution in [-0.4, -0.2) is 51.0 Å². The second-order valence-electron chi connectivity index (χ2n) is 5.44. The molecular weight excluding hydrogens is 340 g/mol. The van der Waals surface area contributed by atoms with Crippen molar-refractivity contribution in [3.8, 4) is 0 Å². The third-order valence-electron chi connectivity index (χ3n) is 3.78. The molecule has 1 aromatic carbocycles. The average Bonchev–Trinajstić information content (AvgIpc) is 2.55. The summed E-state index contributed by atoms with van der Waals surface area (Å²) in [5.74, 6) is -0.372. The second-order valence-corrected chi connectivity index (χ2v) is 7.79. The zero-order chi connectivity index (χ0) is 17.0. The van der Waals surface area contributed by atoms with E-state index < -0.39 is 10.0 Å². The zero-order valence-electron chi connectivity index (χ0n) is 13.2. The summed E-state index contributed by atoms with van der Waals surface area (Å²) in [6, 6.07) is 4.19. The number of rotatable bonds is 5. The van der Waals surface area contributed by atoms with E-state index in [-0.39, 0.29) is 27.4 Å². The number of nitrogens with one attached hydrogen (secondary N) is 1. The van der Waals surface area contributed by atoms with Gasteiger partial charge in [-0.15, -0.1) is 0 Å². The predicted molar refractivity (Wildman–Crippen MR) is 88.2 cm³/mol. The highest BCUT2D eigenvalue weighted by atomic mass is 35.5. The molecule has 1 amide bonds. The highest BCUT2D eigenvalue weighted by Gasteiger charge is 2.27. The Morgan fingerprint density at radius 2 is 2.04 bits per heavy atom. The fourth-order valence-corrected chi connectivity index (χ4v) is 3.82. The van der Waals surface area contributed by atoms with Crippen LogP contribution in [-0.2, 0) is 14.8 Å². The molecule has 1 aromatic rings. The Bertz CT molecular complexity index is 672. The van der Waals surface area contributed by atoms with Crippen LogP contribution in [0.3, 0.4) is 0 Å².